The smallest absolute Gasteiger partial charge is 0.102 e. The fourth-order valence-corrected chi connectivity index (χ4v) is 15.4. The van der Waals surface area contributed by atoms with Gasteiger partial charge in [0.25, 0.3) is 0 Å². The predicted molar refractivity (Wildman–Crippen MR) is 338 cm³/mol. The highest BCUT2D eigenvalue weighted by Gasteiger charge is 2.33. The number of para-hydroxylation sites is 1. The van der Waals surface area contributed by atoms with Crippen molar-refractivity contribution in [2.45, 2.75) is 0 Å². The van der Waals surface area contributed by atoms with Crippen molar-refractivity contribution < 1.29 is 0 Å². The molecule has 4 heterocycles. The second-order valence-electron chi connectivity index (χ2n) is 20.4. The number of nitrogens with zero attached hydrogens (tertiary/aromatic N) is 4. The Morgan fingerprint density at radius 2 is 0.750 bits per heavy atom. The lowest BCUT2D eigenvalue weighted by Crippen LogP contribution is -2.11. The van der Waals surface area contributed by atoms with Crippen LogP contribution in [0.5, 0.6) is 0 Å². The first-order valence-corrected chi connectivity index (χ1v) is 28.4. The summed E-state index contributed by atoms with van der Waals surface area (Å²) in [5.41, 5.74) is 16.0. The Bertz CT molecular complexity index is 5290. The Morgan fingerprint density at radius 3 is 1.36 bits per heavy atom. The van der Waals surface area contributed by atoms with E-state index in [0.29, 0.717) is 22.4 Å². The van der Waals surface area contributed by atoms with Crippen LogP contribution >= 0.6 is 22.7 Å². The normalized spacial score (nSPS) is 11.7. The molecule has 370 valence electrons. The first-order chi connectivity index (χ1) is 39.7. The summed E-state index contributed by atoms with van der Waals surface area (Å²) in [6.45, 7) is 0. The summed E-state index contributed by atoms with van der Waals surface area (Å²) in [5, 5.41) is 33.7. The molecule has 4 nitrogen and oxygen atoms in total. The molecular formula is C74H42N4S2. The van der Waals surface area contributed by atoms with E-state index in [1.807, 2.05) is 36.4 Å². The molecule has 0 radical (unpaired) electrons. The van der Waals surface area contributed by atoms with Gasteiger partial charge in [0.1, 0.15) is 12.1 Å². The van der Waals surface area contributed by atoms with Crippen LogP contribution in [-0.4, -0.2) is 9.13 Å². The summed E-state index contributed by atoms with van der Waals surface area (Å²) in [6, 6.07) is 96.0. The van der Waals surface area contributed by atoms with E-state index < -0.39 is 0 Å². The van der Waals surface area contributed by atoms with Crippen LogP contribution in [0.1, 0.15) is 11.1 Å². The summed E-state index contributed by atoms with van der Waals surface area (Å²) in [7, 11) is 0. The average Bonchev–Trinajstić information content (AvgIpc) is 4.32. The highest BCUT2D eigenvalue weighted by molar-refractivity contribution is 7.27. The van der Waals surface area contributed by atoms with E-state index in [1.54, 1.807) is 22.7 Å². The van der Waals surface area contributed by atoms with Crippen LogP contribution in [0.4, 0.5) is 0 Å². The maximum absolute atomic E-state index is 12.4. The van der Waals surface area contributed by atoms with E-state index >= 15 is 0 Å². The van der Waals surface area contributed by atoms with Crippen molar-refractivity contribution in [3.8, 4) is 79.1 Å². The quantitative estimate of drug-likeness (QED) is 0.160. The van der Waals surface area contributed by atoms with Crippen LogP contribution in [0.2, 0.25) is 0 Å². The lowest BCUT2D eigenvalue weighted by Gasteiger charge is -2.26. The Balaban J connectivity index is 1.17. The third-order valence-corrected chi connectivity index (χ3v) is 18.6. The van der Waals surface area contributed by atoms with E-state index in [0.717, 1.165) is 114 Å². The molecule has 4 aromatic heterocycles. The molecular weight excluding hydrogens is 1010 g/mol. The monoisotopic (exact) mass is 1050 g/mol. The number of fused-ring (bicyclic) bond motifs is 14. The Labute approximate surface area is 468 Å². The third-order valence-electron chi connectivity index (χ3n) is 16.2. The maximum Gasteiger partial charge on any atom is 0.102 e. The van der Waals surface area contributed by atoms with Crippen LogP contribution in [-0.2, 0) is 0 Å². The number of hydrogen-bond donors (Lipinski definition) is 0. The molecule has 0 bridgehead atoms. The molecule has 0 aliphatic rings. The second kappa shape index (κ2) is 18.1. The van der Waals surface area contributed by atoms with Gasteiger partial charge in [-0.1, -0.05) is 224 Å². The van der Waals surface area contributed by atoms with Gasteiger partial charge in [0, 0.05) is 63.6 Å². The van der Waals surface area contributed by atoms with Crippen molar-refractivity contribution in [3.05, 3.63) is 266 Å². The molecule has 16 aromatic rings. The molecule has 0 spiro atoms. The van der Waals surface area contributed by atoms with Gasteiger partial charge < -0.3 is 9.13 Å². The standard InChI is InChI=1S/C74H42N4S2/c75-43-60-66(48-27-12-4-13-28-48)61(44-76)70(67(49-29-14-5-15-30-49)69(60)77-62-34-18-16-31-51(62)59-41-57(46-23-8-2-9-24-46)58(42-63(59)77)47-25-10-3-11-26-47)78-71-53(37-39-55-52-32-17-19-35-64(52)79-73(55)71)54-38-40-56-68-50(45-21-6-1-7-22-45)33-20-36-65(68)80-74(56)72(54)78/h1-42H. The van der Waals surface area contributed by atoms with Gasteiger partial charge in [-0.2, -0.15) is 10.5 Å². The minimum Gasteiger partial charge on any atom is -0.307 e. The van der Waals surface area contributed by atoms with Gasteiger partial charge in [-0.05, 0) is 74.8 Å². The third kappa shape index (κ3) is 6.71. The van der Waals surface area contributed by atoms with Gasteiger partial charge >= 0.3 is 0 Å². The van der Waals surface area contributed by atoms with E-state index in [9.17, 15) is 10.5 Å². The molecule has 0 aliphatic carbocycles. The first kappa shape index (κ1) is 45.8. The SMILES string of the molecule is N#Cc1c(-c2ccccc2)c(C#N)c(-n2c3c(ccc4c5ccccc5sc43)c3ccc4c(sc5cccc(-c6ccccc6)c54)c32)c(-c2ccccc2)c1-n1c2ccccc2c2cc(-c3ccccc3)c(-c3ccccc3)cc21. The van der Waals surface area contributed by atoms with Gasteiger partial charge in [0.15, 0.2) is 0 Å². The van der Waals surface area contributed by atoms with Gasteiger partial charge in [0.05, 0.1) is 54.0 Å². The molecule has 0 saturated heterocycles. The number of nitriles is 2. The predicted octanol–water partition coefficient (Wildman–Crippen LogP) is 20.7. The zero-order valence-corrected chi connectivity index (χ0v) is 44.5. The maximum atomic E-state index is 12.4. The van der Waals surface area contributed by atoms with E-state index in [-0.39, 0.29) is 0 Å². The highest BCUT2D eigenvalue weighted by atomic mass is 32.1. The number of aromatic nitrogens is 2. The summed E-state index contributed by atoms with van der Waals surface area (Å²) in [5.74, 6) is 0. The number of rotatable bonds is 7. The molecule has 12 aromatic carbocycles. The topological polar surface area (TPSA) is 57.4 Å². The summed E-state index contributed by atoms with van der Waals surface area (Å²) in [6.07, 6.45) is 0. The van der Waals surface area contributed by atoms with E-state index in [4.69, 9.17) is 0 Å². The van der Waals surface area contributed by atoms with Crippen LogP contribution in [0, 0.1) is 22.7 Å². The molecule has 16 rings (SSSR count). The van der Waals surface area contributed by atoms with Crippen molar-refractivity contribution >= 4 is 107 Å². The van der Waals surface area contributed by atoms with Crippen LogP contribution in [0.3, 0.4) is 0 Å². The zero-order chi connectivity index (χ0) is 53.0. The van der Waals surface area contributed by atoms with Gasteiger partial charge in [0.2, 0.25) is 0 Å². The summed E-state index contributed by atoms with van der Waals surface area (Å²) >= 11 is 3.60. The molecule has 6 heteroatoms. The van der Waals surface area contributed by atoms with E-state index in [2.05, 4.69) is 240 Å². The van der Waals surface area contributed by atoms with Crippen molar-refractivity contribution in [2.75, 3.05) is 0 Å². The average molecular weight is 1050 g/mol. The van der Waals surface area contributed by atoms with Gasteiger partial charge in [-0.25, -0.2) is 0 Å². The molecule has 0 unspecified atom stereocenters. The summed E-state index contributed by atoms with van der Waals surface area (Å²) < 4.78 is 9.42. The molecule has 0 saturated carbocycles. The van der Waals surface area contributed by atoms with Crippen molar-refractivity contribution in [2.24, 2.45) is 0 Å². The molecule has 0 fully saturated rings. The van der Waals surface area contributed by atoms with Crippen LogP contribution < -0.4 is 0 Å². The van der Waals surface area contributed by atoms with Crippen molar-refractivity contribution in [3.63, 3.8) is 0 Å². The van der Waals surface area contributed by atoms with Gasteiger partial charge in [-0.3, -0.25) is 0 Å². The van der Waals surface area contributed by atoms with E-state index in [1.165, 1.54) is 25.7 Å². The summed E-state index contributed by atoms with van der Waals surface area (Å²) in [4.78, 5) is 0. The zero-order valence-electron chi connectivity index (χ0n) is 42.9. The van der Waals surface area contributed by atoms with Crippen LogP contribution in [0.15, 0.2) is 255 Å². The minimum atomic E-state index is 0.415. The number of thiophene rings is 2. The van der Waals surface area contributed by atoms with Crippen LogP contribution in [0.25, 0.3) is 151 Å². The Hall–Kier alpha value is -10.3. The highest BCUT2D eigenvalue weighted by Crippen LogP contribution is 2.54. The lowest BCUT2D eigenvalue weighted by molar-refractivity contribution is 1.13. The molecule has 0 N–H and O–H groups in total. The number of benzene rings is 12. The molecule has 0 atom stereocenters. The Morgan fingerprint density at radius 1 is 0.300 bits per heavy atom. The fourth-order valence-electron chi connectivity index (χ4n) is 12.9. The molecule has 0 amide bonds. The molecule has 0 aliphatic heterocycles. The lowest BCUT2D eigenvalue weighted by atomic mass is 9.86. The minimum absolute atomic E-state index is 0.415. The fraction of sp³-hybridized carbons (Fsp3) is 0. The molecule has 80 heavy (non-hydrogen) atoms. The largest absolute Gasteiger partial charge is 0.307 e. The first-order valence-electron chi connectivity index (χ1n) is 26.8. The van der Waals surface area contributed by atoms with Gasteiger partial charge in [-0.15, -0.1) is 22.7 Å². The Kier molecular flexibility index (Phi) is 10.4. The number of hydrogen-bond acceptors (Lipinski definition) is 4. The van der Waals surface area contributed by atoms with Crippen molar-refractivity contribution in [1.82, 2.24) is 9.13 Å². The van der Waals surface area contributed by atoms with Crippen molar-refractivity contribution in [1.29, 1.82) is 10.5 Å². The second-order valence-corrected chi connectivity index (χ2v) is 22.5.